The Bertz CT molecular complexity index is 627. The van der Waals surface area contributed by atoms with Crippen molar-refractivity contribution in [3.63, 3.8) is 0 Å². The molecule has 2 rings (SSSR count). The van der Waals surface area contributed by atoms with Gasteiger partial charge in [-0.3, -0.25) is 4.79 Å². The van der Waals surface area contributed by atoms with E-state index in [1.807, 2.05) is 0 Å². The Kier molecular flexibility index (Phi) is 3.55. The molecule has 0 radical (unpaired) electrons. The molecule has 0 fully saturated rings. The minimum Gasteiger partial charge on any atom is -0.406 e. The van der Waals surface area contributed by atoms with E-state index < -0.39 is 12.3 Å². The number of primary amides is 1. The molecule has 0 aliphatic rings. The third-order valence-corrected chi connectivity index (χ3v) is 2.25. The molecule has 0 atom stereocenters. The number of amides is 1. The second kappa shape index (κ2) is 5.16. The largest absolute Gasteiger partial charge is 0.573 e. The first-order valence-electron chi connectivity index (χ1n) is 5.34. The topological polar surface area (TPSA) is 78.1 Å². The second-order valence-electron chi connectivity index (χ2n) is 3.70. The predicted octanol–water partition coefficient (Wildman–Crippen LogP) is 2.14. The molecule has 104 valence electrons. The SMILES string of the molecule is NC(=O)c1ccnc(-c2ccc(OC(F)(F)F)cc2)n1. The van der Waals surface area contributed by atoms with Crippen molar-refractivity contribution in [1.29, 1.82) is 0 Å². The van der Waals surface area contributed by atoms with Crippen molar-refractivity contribution < 1.29 is 22.7 Å². The second-order valence-corrected chi connectivity index (χ2v) is 3.70. The molecule has 1 aromatic heterocycles. The highest BCUT2D eigenvalue weighted by Gasteiger charge is 2.30. The summed E-state index contributed by atoms with van der Waals surface area (Å²) in [6.07, 6.45) is -3.41. The van der Waals surface area contributed by atoms with E-state index in [0.29, 0.717) is 5.56 Å². The molecule has 20 heavy (non-hydrogen) atoms. The van der Waals surface area contributed by atoms with E-state index in [2.05, 4.69) is 14.7 Å². The van der Waals surface area contributed by atoms with Crippen LogP contribution in [0.3, 0.4) is 0 Å². The molecule has 2 aromatic rings. The lowest BCUT2D eigenvalue weighted by Gasteiger charge is -2.09. The Hall–Kier alpha value is -2.64. The zero-order valence-electron chi connectivity index (χ0n) is 9.89. The van der Waals surface area contributed by atoms with Crippen LogP contribution in [-0.4, -0.2) is 22.2 Å². The van der Waals surface area contributed by atoms with Crippen molar-refractivity contribution in [1.82, 2.24) is 9.97 Å². The normalized spacial score (nSPS) is 11.2. The van der Waals surface area contributed by atoms with Crippen LogP contribution in [0, 0.1) is 0 Å². The number of benzene rings is 1. The average Bonchev–Trinajstić information content (AvgIpc) is 2.38. The monoisotopic (exact) mass is 283 g/mol. The van der Waals surface area contributed by atoms with Gasteiger partial charge < -0.3 is 10.5 Å². The van der Waals surface area contributed by atoms with Crippen LogP contribution in [0.4, 0.5) is 13.2 Å². The molecule has 0 aliphatic carbocycles. The van der Waals surface area contributed by atoms with Crippen molar-refractivity contribution >= 4 is 5.91 Å². The molecule has 1 heterocycles. The molecule has 1 amide bonds. The summed E-state index contributed by atoms with van der Waals surface area (Å²) in [4.78, 5) is 18.8. The number of aromatic nitrogens is 2. The summed E-state index contributed by atoms with van der Waals surface area (Å²) in [6, 6.07) is 6.29. The van der Waals surface area contributed by atoms with Crippen LogP contribution >= 0.6 is 0 Å². The molecular formula is C12H8F3N3O2. The minimum absolute atomic E-state index is 0.0191. The molecule has 8 heteroatoms. The number of halogens is 3. The molecule has 2 N–H and O–H groups in total. The summed E-state index contributed by atoms with van der Waals surface area (Å²) in [5.41, 5.74) is 5.53. The van der Waals surface area contributed by atoms with E-state index in [1.54, 1.807) is 0 Å². The lowest BCUT2D eigenvalue weighted by molar-refractivity contribution is -0.274. The van der Waals surface area contributed by atoms with Gasteiger partial charge in [0.1, 0.15) is 11.4 Å². The zero-order chi connectivity index (χ0) is 14.8. The Morgan fingerprint density at radius 2 is 1.80 bits per heavy atom. The number of ether oxygens (including phenoxy) is 1. The number of hydrogen-bond acceptors (Lipinski definition) is 4. The first kappa shape index (κ1) is 13.8. The van der Waals surface area contributed by atoms with Gasteiger partial charge in [0.2, 0.25) is 0 Å². The first-order valence-corrected chi connectivity index (χ1v) is 5.34. The zero-order valence-corrected chi connectivity index (χ0v) is 9.89. The van der Waals surface area contributed by atoms with Gasteiger partial charge in [0.15, 0.2) is 5.82 Å². The van der Waals surface area contributed by atoms with E-state index in [4.69, 9.17) is 5.73 Å². The highest BCUT2D eigenvalue weighted by atomic mass is 19.4. The minimum atomic E-state index is -4.75. The summed E-state index contributed by atoms with van der Waals surface area (Å²) in [5, 5.41) is 0. The average molecular weight is 283 g/mol. The Morgan fingerprint density at radius 1 is 1.15 bits per heavy atom. The summed E-state index contributed by atoms with van der Waals surface area (Å²) in [7, 11) is 0. The number of carbonyl (C=O) groups is 1. The standard InChI is InChI=1S/C12H8F3N3O2/c13-12(14,15)20-8-3-1-7(2-4-8)11-17-6-5-9(18-11)10(16)19/h1-6H,(H2,16,19). The number of hydrogen-bond donors (Lipinski definition) is 1. The fourth-order valence-corrected chi connectivity index (χ4v) is 1.44. The summed E-state index contributed by atoms with van der Waals surface area (Å²) < 4.78 is 39.8. The van der Waals surface area contributed by atoms with Crippen molar-refractivity contribution in [2.45, 2.75) is 6.36 Å². The maximum absolute atomic E-state index is 12.0. The van der Waals surface area contributed by atoms with E-state index in [-0.39, 0.29) is 17.3 Å². The number of carbonyl (C=O) groups excluding carboxylic acids is 1. The third kappa shape index (κ3) is 3.44. The van der Waals surface area contributed by atoms with Gasteiger partial charge in [0.25, 0.3) is 5.91 Å². The Morgan fingerprint density at radius 3 is 2.35 bits per heavy atom. The number of nitrogens with zero attached hydrogens (tertiary/aromatic N) is 2. The van der Waals surface area contributed by atoms with Crippen LogP contribution in [0.2, 0.25) is 0 Å². The molecular weight excluding hydrogens is 275 g/mol. The van der Waals surface area contributed by atoms with Crippen molar-refractivity contribution in [3.8, 4) is 17.1 Å². The van der Waals surface area contributed by atoms with E-state index in [1.165, 1.54) is 24.4 Å². The van der Waals surface area contributed by atoms with Gasteiger partial charge in [0, 0.05) is 11.8 Å². The van der Waals surface area contributed by atoms with Gasteiger partial charge >= 0.3 is 6.36 Å². The quantitative estimate of drug-likeness (QED) is 0.936. The Labute approximate surface area is 111 Å². The highest BCUT2D eigenvalue weighted by molar-refractivity contribution is 5.91. The van der Waals surface area contributed by atoms with Crippen molar-refractivity contribution in [3.05, 3.63) is 42.2 Å². The third-order valence-electron chi connectivity index (χ3n) is 2.25. The number of rotatable bonds is 3. The Balaban J connectivity index is 2.26. The summed E-state index contributed by atoms with van der Waals surface area (Å²) in [5.74, 6) is -0.891. The van der Waals surface area contributed by atoms with Gasteiger partial charge in [-0.05, 0) is 30.3 Å². The van der Waals surface area contributed by atoms with Crippen LogP contribution in [-0.2, 0) is 0 Å². The van der Waals surface area contributed by atoms with Gasteiger partial charge in [-0.15, -0.1) is 13.2 Å². The van der Waals surface area contributed by atoms with Gasteiger partial charge in [-0.25, -0.2) is 9.97 Å². The fourth-order valence-electron chi connectivity index (χ4n) is 1.44. The summed E-state index contributed by atoms with van der Waals surface area (Å²) >= 11 is 0. The molecule has 1 aromatic carbocycles. The first-order chi connectivity index (χ1) is 9.35. The maximum Gasteiger partial charge on any atom is 0.573 e. The molecule has 0 unspecified atom stereocenters. The van der Waals surface area contributed by atoms with Crippen LogP contribution in [0.1, 0.15) is 10.5 Å². The van der Waals surface area contributed by atoms with E-state index >= 15 is 0 Å². The molecule has 0 saturated carbocycles. The summed E-state index contributed by atoms with van der Waals surface area (Å²) in [6.45, 7) is 0. The molecule has 5 nitrogen and oxygen atoms in total. The number of alkyl halides is 3. The maximum atomic E-state index is 12.0. The van der Waals surface area contributed by atoms with Crippen molar-refractivity contribution in [2.75, 3.05) is 0 Å². The fraction of sp³-hybridized carbons (Fsp3) is 0.0833. The van der Waals surface area contributed by atoms with Crippen molar-refractivity contribution in [2.24, 2.45) is 5.73 Å². The highest BCUT2D eigenvalue weighted by Crippen LogP contribution is 2.25. The van der Waals surface area contributed by atoms with Crippen LogP contribution in [0.5, 0.6) is 5.75 Å². The molecule has 0 saturated heterocycles. The number of nitrogens with two attached hydrogens (primary N) is 1. The predicted molar refractivity (Wildman–Crippen MR) is 62.7 cm³/mol. The van der Waals surface area contributed by atoms with Crippen LogP contribution in [0.15, 0.2) is 36.5 Å². The van der Waals surface area contributed by atoms with Gasteiger partial charge in [-0.2, -0.15) is 0 Å². The van der Waals surface area contributed by atoms with Gasteiger partial charge in [0.05, 0.1) is 0 Å². The van der Waals surface area contributed by atoms with E-state index in [0.717, 1.165) is 12.1 Å². The lowest BCUT2D eigenvalue weighted by atomic mass is 10.2. The molecule has 0 spiro atoms. The lowest BCUT2D eigenvalue weighted by Crippen LogP contribution is -2.17. The van der Waals surface area contributed by atoms with Gasteiger partial charge in [-0.1, -0.05) is 0 Å². The smallest absolute Gasteiger partial charge is 0.406 e. The van der Waals surface area contributed by atoms with Crippen LogP contribution in [0.25, 0.3) is 11.4 Å². The molecule has 0 aliphatic heterocycles. The van der Waals surface area contributed by atoms with Crippen LogP contribution < -0.4 is 10.5 Å². The van der Waals surface area contributed by atoms with E-state index in [9.17, 15) is 18.0 Å². The molecule has 0 bridgehead atoms.